The Morgan fingerprint density at radius 2 is 1.67 bits per heavy atom. The van der Waals surface area contributed by atoms with Crippen LogP contribution in [0.2, 0.25) is 0 Å². The second-order valence-electron chi connectivity index (χ2n) is 4.35. The Morgan fingerprint density at radius 3 is 2.05 bits per heavy atom. The number of nitrogens with one attached hydrogen (secondary N) is 1. The smallest absolute Gasteiger partial charge is 0.131 e. The molecule has 2 rings (SSSR count). The van der Waals surface area contributed by atoms with Crippen molar-refractivity contribution in [2.45, 2.75) is 6.04 Å². The van der Waals surface area contributed by atoms with Crippen LogP contribution in [0.3, 0.4) is 0 Å². The van der Waals surface area contributed by atoms with E-state index in [1.807, 2.05) is 19.2 Å². The molecule has 2 aromatic rings. The zero-order chi connectivity index (χ0) is 15.4. The van der Waals surface area contributed by atoms with Crippen LogP contribution in [0.1, 0.15) is 17.2 Å². The maximum atomic E-state index is 5.53. The lowest BCUT2D eigenvalue weighted by atomic mass is 9.99. The fraction of sp³-hybridized carbons (Fsp3) is 0.333. The summed E-state index contributed by atoms with van der Waals surface area (Å²) in [7, 11) is 6.83. The van der Waals surface area contributed by atoms with Gasteiger partial charge in [0.1, 0.15) is 17.2 Å². The Hall–Kier alpha value is -1.24. The molecule has 1 N–H and O–H groups in total. The largest absolute Gasteiger partial charge is 0.496 e. The highest BCUT2D eigenvalue weighted by Crippen LogP contribution is 2.41. The lowest BCUT2D eigenvalue weighted by Gasteiger charge is -2.22. The number of methoxy groups -OCH3 is 3. The minimum absolute atomic E-state index is 0.0247. The third-order valence-electron chi connectivity index (χ3n) is 3.25. The van der Waals surface area contributed by atoms with Gasteiger partial charge in [-0.3, -0.25) is 0 Å². The molecule has 114 valence electrons. The standard InChI is InChI=1S/C15H18BrNO3S/c1-17-15(9-5-13(16)21-8-9)14-11(19-3)6-10(18-2)7-12(14)20-4/h5-8,15,17H,1-4H3. The van der Waals surface area contributed by atoms with Crippen LogP contribution in [0.4, 0.5) is 0 Å². The predicted octanol–water partition coefficient (Wildman–Crippen LogP) is 3.85. The second kappa shape index (κ2) is 7.15. The van der Waals surface area contributed by atoms with Crippen LogP contribution < -0.4 is 19.5 Å². The van der Waals surface area contributed by atoms with E-state index in [0.717, 1.165) is 26.4 Å². The Bertz CT molecular complexity index is 590. The van der Waals surface area contributed by atoms with Gasteiger partial charge in [-0.05, 0) is 40.0 Å². The van der Waals surface area contributed by atoms with Crippen molar-refractivity contribution >= 4 is 27.3 Å². The van der Waals surface area contributed by atoms with Crippen molar-refractivity contribution in [2.75, 3.05) is 28.4 Å². The van der Waals surface area contributed by atoms with Gasteiger partial charge in [-0.2, -0.15) is 0 Å². The Morgan fingerprint density at radius 1 is 1.05 bits per heavy atom. The van der Waals surface area contributed by atoms with Crippen molar-refractivity contribution in [3.8, 4) is 17.2 Å². The quantitative estimate of drug-likeness (QED) is 0.836. The average Bonchev–Trinajstić information content (AvgIpc) is 2.94. The molecule has 0 amide bonds. The van der Waals surface area contributed by atoms with E-state index in [-0.39, 0.29) is 6.04 Å². The summed E-state index contributed by atoms with van der Waals surface area (Å²) in [4.78, 5) is 0. The molecule has 0 fully saturated rings. The summed E-state index contributed by atoms with van der Waals surface area (Å²) in [6.45, 7) is 0. The summed E-state index contributed by atoms with van der Waals surface area (Å²) in [6.07, 6.45) is 0. The summed E-state index contributed by atoms with van der Waals surface area (Å²) in [5.41, 5.74) is 2.10. The summed E-state index contributed by atoms with van der Waals surface area (Å²) in [5, 5.41) is 5.43. The van der Waals surface area contributed by atoms with Gasteiger partial charge < -0.3 is 19.5 Å². The fourth-order valence-corrected chi connectivity index (χ4v) is 3.47. The van der Waals surface area contributed by atoms with E-state index in [0.29, 0.717) is 5.75 Å². The maximum Gasteiger partial charge on any atom is 0.131 e. The minimum atomic E-state index is -0.0247. The number of benzene rings is 1. The van der Waals surface area contributed by atoms with Gasteiger partial charge in [-0.1, -0.05) is 0 Å². The Balaban J connectivity index is 2.58. The van der Waals surface area contributed by atoms with Crippen LogP contribution in [0.5, 0.6) is 17.2 Å². The van der Waals surface area contributed by atoms with Gasteiger partial charge in [0.25, 0.3) is 0 Å². The van der Waals surface area contributed by atoms with Gasteiger partial charge in [0.15, 0.2) is 0 Å². The first-order chi connectivity index (χ1) is 10.1. The third kappa shape index (κ3) is 3.33. The van der Waals surface area contributed by atoms with Crippen molar-refractivity contribution in [3.63, 3.8) is 0 Å². The predicted molar refractivity (Wildman–Crippen MR) is 89.0 cm³/mol. The van der Waals surface area contributed by atoms with E-state index >= 15 is 0 Å². The molecule has 21 heavy (non-hydrogen) atoms. The molecule has 1 heterocycles. The molecular weight excluding hydrogens is 354 g/mol. The Labute approximate surface area is 137 Å². The van der Waals surface area contributed by atoms with E-state index < -0.39 is 0 Å². The molecule has 6 heteroatoms. The molecule has 0 bridgehead atoms. The second-order valence-corrected chi connectivity index (χ2v) is 6.64. The zero-order valence-corrected chi connectivity index (χ0v) is 14.8. The van der Waals surface area contributed by atoms with Crippen LogP contribution in [-0.4, -0.2) is 28.4 Å². The SMILES string of the molecule is CNC(c1csc(Br)c1)c1c(OC)cc(OC)cc1OC. The summed E-state index contributed by atoms with van der Waals surface area (Å²) < 4.78 is 17.4. The highest BCUT2D eigenvalue weighted by Gasteiger charge is 2.23. The molecular formula is C15H18BrNO3S. The van der Waals surface area contributed by atoms with Gasteiger partial charge in [-0.25, -0.2) is 0 Å². The van der Waals surface area contributed by atoms with Crippen molar-refractivity contribution in [1.82, 2.24) is 5.32 Å². The molecule has 1 unspecified atom stereocenters. The normalized spacial score (nSPS) is 12.0. The number of halogens is 1. The van der Waals surface area contributed by atoms with Crippen LogP contribution in [0.15, 0.2) is 27.4 Å². The summed E-state index contributed by atoms with van der Waals surface area (Å²) in [6, 6.07) is 5.80. The molecule has 0 radical (unpaired) electrons. The zero-order valence-electron chi connectivity index (χ0n) is 12.4. The highest BCUT2D eigenvalue weighted by molar-refractivity contribution is 9.11. The fourth-order valence-electron chi connectivity index (χ4n) is 2.27. The topological polar surface area (TPSA) is 39.7 Å². The molecule has 0 spiro atoms. The van der Waals surface area contributed by atoms with Crippen molar-refractivity contribution < 1.29 is 14.2 Å². The number of hydrogen-bond acceptors (Lipinski definition) is 5. The van der Waals surface area contributed by atoms with Crippen LogP contribution in [0.25, 0.3) is 0 Å². The number of hydrogen-bond donors (Lipinski definition) is 1. The van der Waals surface area contributed by atoms with Crippen LogP contribution in [0, 0.1) is 0 Å². The number of ether oxygens (including phenoxy) is 3. The monoisotopic (exact) mass is 371 g/mol. The number of rotatable bonds is 6. The lowest BCUT2D eigenvalue weighted by molar-refractivity contribution is 0.364. The molecule has 0 aliphatic heterocycles. The molecule has 1 atom stereocenters. The number of thiophene rings is 1. The van der Waals surface area contributed by atoms with Crippen LogP contribution in [-0.2, 0) is 0 Å². The molecule has 4 nitrogen and oxygen atoms in total. The summed E-state index contributed by atoms with van der Waals surface area (Å²) >= 11 is 5.15. The van der Waals surface area contributed by atoms with E-state index in [1.54, 1.807) is 32.7 Å². The molecule has 0 aliphatic carbocycles. The van der Waals surface area contributed by atoms with E-state index in [4.69, 9.17) is 14.2 Å². The highest BCUT2D eigenvalue weighted by atomic mass is 79.9. The molecule has 0 saturated heterocycles. The van der Waals surface area contributed by atoms with E-state index in [2.05, 4.69) is 32.7 Å². The van der Waals surface area contributed by atoms with Gasteiger partial charge in [-0.15, -0.1) is 11.3 Å². The van der Waals surface area contributed by atoms with Crippen molar-refractivity contribution in [3.05, 3.63) is 38.5 Å². The van der Waals surface area contributed by atoms with Gasteiger partial charge in [0.2, 0.25) is 0 Å². The first-order valence-electron chi connectivity index (χ1n) is 6.35. The maximum absolute atomic E-state index is 5.53. The van der Waals surface area contributed by atoms with Crippen molar-refractivity contribution in [2.24, 2.45) is 0 Å². The molecule has 0 aliphatic rings. The lowest BCUT2D eigenvalue weighted by Crippen LogP contribution is -2.19. The Kier molecular flexibility index (Phi) is 5.50. The third-order valence-corrected chi connectivity index (χ3v) is 4.77. The average molecular weight is 372 g/mol. The molecule has 1 aromatic carbocycles. The van der Waals surface area contributed by atoms with Crippen LogP contribution >= 0.6 is 27.3 Å². The molecule has 1 aromatic heterocycles. The summed E-state index contributed by atoms with van der Waals surface area (Å²) in [5.74, 6) is 2.16. The van der Waals surface area contributed by atoms with Crippen molar-refractivity contribution in [1.29, 1.82) is 0 Å². The van der Waals surface area contributed by atoms with Gasteiger partial charge >= 0.3 is 0 Å². The molecule has 0 saturated carbocycles. The van der Waals surface area contributed by atoms with Gasteiger partial charge in [0, 0.05) is 12.1 Å². The van der Waals surface area contributed by atoms with Gasteiger partial charge in [0.05, 0.1) is 36.7 Å². The minimum Gasteiger partial charge on any atom is -0.496 e. The first-order valence-corrected chi connectivity index (χ1v) is 8.03. The van der Waals surface area contributed by atoms with E-state index in [1.165, 1.54) is 0 Å². The first kappa shape index (κ1) is 16.1. The van der Waals surface area contributed by atoms with E-state index in [9.17, 15) is 0 Å².